The fourth-order valence-corrected chi connectivity index (χ4v) is 2.40. The Hall–Kier alpha value is -2.69. The van der Waals surface area contributed by atoms with Gasteiger partial charge in [-0.15, -0.1) is 0 Å². The number of rotatable bonds is 10. The third kappa shape index (κ3) is 11.1. The van der Waals surface area contributed by atoms with Crippen LogP contribution >= 0.6 is 0 Å². The van der Waals surface area contributed by atoms with E-state index in [0.717, 1.165) is 37.1 Å². The first-order valence-electron chi connectivity index (χ1n) is 9.50. The second-order valence-corrected chi connectivity index (χ2v) is 6.16. The molecule has 0 saturated heterocycles. The molecule has 0 spiro atoms. The number of nitrogens with one attached hydrogen (secondary N) is 1. The molecule has 28 heavy (non-hydrogen) atoms. The molecule has 0 atom stereocenters. The Kier molecular flexibility index (Phi) is 12.8. The number of esters is 1. The summed E-state index contributed by atoms with van der Waals surface area (Å²) in [5.41, 5.74) is 3.48. The number of carbonyl (C=O) groups is 1. The van der Waals surface area contributed by atoms with E-state index >= 15 is 0 Å². The van der Waals surface area contributed by atoms with Gasteiger partial charge in [-0.3, -0.25) is 4.79 Å². The van der Waals surface area contributed by atoms with Crippen LogP contribution < -0.4 is 5.32 Å². The van der Waals surface area contributed by atoms with E-state index in [1.807, 2.05) is 36.4 Å². The molecule has 0 amide bonds. The molecule has 1 aliphatic carbocycles. The molecule has 0 aliphatic heterocycles. The highest BCUT2D eigenvalue weighted by Gasteiger charge is 2.03. The Morgan fingerprint density at radius 1 is 1.21 bits per heavy atom. The van der Waals surface area contributed by atoms with Crippen LogP contribution in [0.15, 0.2) is 91.1 Å². The highest BCUT2D eigenvalue weighted by molar-refractivity contribution is 5.69. The molecule has 1 aliphatic rings. The van der Waals surface area contributed by atoms with Crippen molar-refractivity contribution in [3.63, 3.8) is 0 Å². The molecule has 4 heteroatoms. The summed E-state index contributed by atoms with van der Waals surface area (Å²) >= 11 is 0. The molecular formula is C24H31NO3. The van der Waals surface area contributed by atoms with Gasteiger partial charge in [0.1, 0.15) is 6.61 Å². The Bertz CT molecular complexity index is 687. The summed E-state index contributed by atoms with van der Waals surface area (Å²) in [5, 5.41) is 11.8. The molecule has 150 valence electrons. The van der Waals surface area contributed by atoms with E-state index in [1.54, 1.807) is 6.08 Å². The van der Waals surface area contributed by atoms with Crippen molar-refractivity contribution in [2.75, 3.05) is 19.8 Å². The van der Waals surface area contributed by atoms with Crippen LogP contribution in [0.1, 0.15) is 24.8 Å². The first kappa shape index (κ1) is 23.3. The lowest BCUT2D eigenvalue weighted by Crippen LogP contribution is -2.15. The highest BCUT2D eigenvalue weighted by atomic mass is 16.5. The molecule has 0 unspecified atom stereocenters. The molecule has 1 aromatic carbocycles. The minimum absolute atomic E-state index is 0.0804. The molecule has 0 saturated carbocycles. The summed E-state index contributed by atoms with van der Waals surface area (Å²) in [7, 11) is 0. The monoisotopic (exact) mass is 381 g/mol. The Balaban J connectivity index is 0.000000283. The zero-order valence-electron chi connectivity index (χ0n) is 16.5. The molecule has 0 radical (unpaired) electrons. The van der Waals surface area contributed by atoms with E-state index < -0.39 is 0 Å². The summed E-state index contributed by atoms with van der Waals surface area (Å²) in [6.07, 6.45) is 13.8. The number of hydrogen-bond acceptors (Lipinski definition) is 4. The first-order chi connectivity index (χ1) is 13.7. The van der Waals surface area contributed by atoms with Gasteiger partial charge in [-0.25, -0.2) is 0 Å². The number of hydrogen-bond donors (Lipinski definition) is 2. The normalized spacial score (nSPS) is 13.0. The van der Waals surface area contributed by atoms with Crippen molar-refractivity contribution in [2.24, 2.45) is 0 Å². The van der Waals surface area contributed by atoms with Gasteiger partial charge in [0.15, 0.2) is 0 Å². The maximum Gasteiger partial charge on any atom is 0.308 e. The van der Waals surface area contributed by atoms with Crippen molar-refractivity contribution < 1.29 is 14.6 Å². The first-order valence-corrected chi connectivity index (χ1v) is 9.50. The second kappa shape index (κ2) is 15.4. The van der Waals surface area contributed by atoms with Gasteiger partial charge in [-0.1, -0.05) is 79.9 Å². The number of benzene rings is 1. The highest BCUT2D eigenvalue weighted by Crippen LogP contribution is 2.09. The SMILES string of the molecule is C=C/C=C(\C=C)CNCc1ccccc1.O=C(CCO)OCC1=CCCC=C1. The van der Waals surface area contributed by atoms with Crippen molar-refractivity contribution in [3.05, 3.63) is 96.7 Å². The topological polar surface area (TPSA) is 58.6 Å². The van der Waals surface area contributed by atoms with Crippen molar-refractivity contribution >= 4 is 5.97 Å². The molecule has 1 aromatic rings. The molecular weight excluding hydrogens is 350 g/mol. The Morgan fingerprint density at radius 2 is 2.00 bits per heavy atom. The number of ether oxygens (including phenoxy) is 1. The van der Waals surface area contributed by atoms with E-state index in [-0.39, 0.29) is 19.0 Å². The van der Waals surface area contributed by atoms with Crippen LogP contribution in [0.5, 0.6) is 0 Å². The summed E-state index contributed by atoms with van der Waals surface area (Å²) in [4.78, 5) is 10.9. The summed E-state index contributed by atoms with van der Waals surface area (Å²) in [6.45, 7) is 9.30. The van der Waals surface area contributed by atoms with Crippen LogP contribution in [0.3, 0.4) is 0 Å². The second-order valence-electron chi connectivity index (χ2n) is 6.16. The lowest BCUT2D eigenvalue weighted by Gasteiger charge is -2.07. The lowest BCUT2D eigenvalue weighted by atomic mass is 10.1. The van der Waals surface area contributed by atoms with Gasteiger partial charge in [0.25, 0.3) is 0 Å². The molecule has 0 heterocycles. The molecule has 0 fully saturated rings. The maximum absolute atomic E-state index is 10.9. The smallest absolute Gasteiger partial charge is 0.308 e. The van der Waals surface area contributed by atoms with Crippen molar-refractivity contribution in [1.82, 2.24) is 5.32 Å². The van der Waals surface area contributed by atoms with E-state index in [2.05, 4.69) is 42.8 Å². The Labute approximate surface area is 168 Å². The minimum Gasteiger partial charge on any atom is -0.461 e. The Morgan fingerprint density at radius 3 is 2.61 bits per heavy atom. The predicted octanol–water partition coefficient (Wildman–Crippen LogP) is 4.26. The fourth-order valence-electron chi connectivity index (χ4n) is 2.40. The predicted molar refractivity (Wildman–Crippen MR) is 116 cm³/mol. The van der Waals surface area contributed by atoms with Crippen LogP contribution in [-0.2, 0) is 16.1 Å². The van der Waals surface area contributed by atoms with Crippen LogP contribution in [0, 0.1) is 0 Å². The van der Waals surface area contributed by atoms with Crippen LogP contribution in [0.2, 0.25) is 0 Å². The number of aliphatic hydroxyl groups is 1. The lowest BCUT2D eigenvalue weighted by molar-refractivity contribution is -0.143. The molecule has 2 rings (SSSR count). The van der Waals surface area contributed by atoms with Gasteiger partial charge in [-0.2, -0.15) is 0 Å². The van der Waals surface area contributed by atoms with Crippen LogP contribution in [-0.4, -0.2) is 30.8 Å². The average Bonchev–Trinajstić information content (AvgIpc) is 2.74. The summed E-state index contributed by atoms with van der Waals surface area (Å²) in [5.74, 6) is -0.345. The molecule has 0 aromatic heterocycles. The largest absolute Gasteiger partial charge is 0.461 e. The number of carbonyl (C=O) groups excluding carboxylic acids is 1. The molecule has 0 bridgehead atoms. The zero-order valence-corrected chi connectivity index (χ0v) is 16.5. The van der Waals surface area contributed by atoms with Crippen LogP contribution in [0.25, 0.3) is 0 Å². The van der Waals surface area contributed by atoms with Gasteiger partial charge in [0.2, 0.25) is 0 Å². The summed E-state index contributed by atoms with van der Waals surface area (Å²) in [6, 6.07) is 10.3. The van der Waals surface area contributed by atoms with Gasteiger partial charge < -0.3 is 15.2 Å². The maximum atomic E-state index is 10.9. The standard InChI is InChI=1S/C14H17N.C10H14O3/c1-3-8-13(4-2)11-15-12-14-9-6-5-7-10-14;11-7-6-10(12)13-8-9-4-2-1-3-5-9/h3-10,15H,1-2,11-12H2;2,4-5,11H,1,3,6-8H2/b13-8+;. The average molecular weight is 382 g/mol. The fraction of sp³-hybridized carbons (Fsp3) is 0.292. The van der Waals surface area contributed by atoms with Gasteiger partial charge in [0, 0.05) is 13.1 Å². The summed E-state index contributed by atoms with van der Waals surface area (Å²) < 4.78 is 4.90. The number of allylic oxidation sites excluding steroid dienone is 4. The van der Waals surface area contributed by atoms with E-state index in [9.17, 15) is 4.79 Å². The van der Waals surface area contributed by atoms with Gasteiger partial charge >= 0.3 is 5.97 Å². The van der Waals surface area contributed by atoms with Crippen molar-refractivity contribution in [1.29, 1.82) is 0 Å². The zero-order chi connectivity index (χ0) is 20.5. The van der Waals surface area contributed by atoms with Gasteiger partial charge in [0.05, 0.1) is 13.0 Å². The number of aliphatic hydroxyl groups excluding tert-OH is 1. The quantitative estimate of drug-likeness (QED) is 0.470. The van der Waals surface area contributed by atoms with Crippen molar-refractivity contribution in [2.45, 2.75) is 25.8 Å². The van der Waals surface area contributed by atoms with E-state index in [1.165, 1.54) is 5.56 Å². The van der Waals surface area contributed by atoms with E-state index in [0.29, 0.717) is 6.61 Å². The minimum atomic E-state index is -0.345. The van der Waals surface area contributed by atoms with Gasteiger partial charge in [-0.05, 0) is 29.6 Å². The van der Waals surface area contributed by atoms with Crippen molar-refractivity contribution in [3.8, 4) is 0 Å². The van der Waals surface area contributed by atoms with E-state index in [4.69, 9.17) is 9.84 Å². The third-order valence-electron chi connectivity index (χ3n) is 3.88. The third-order valence-corrected chi connectivity index (χ3v) is 3.88. The molecule has 2 N–H and O–H groups in total. The molecule has 4 nitrogen and oxygen atoms in total. The van der Waals surface area contributed by atoms with Crippen LogP contribution in [0.4, 0.5) is 0 Å².